The van der Waals surface area contributed by atoms with E-state index in [4.69, 9.17) is 9.26 Å². The normalized spacial score (nSPS) is 20.6. The van der Waals surface area contributed by atoms with Gasteiger partial charge in [0.2, 0.25) is 5.89 Å². The molecule has 0 spiro atoms. The van der Waals surface area contributed by atoms with Gasteiger partial charge in [-0.25, -0.2) is 0 Å². The average Bonchev–Trinajstić information content (AvgIpc) is 2.83. The van der Waals surface area contributed by atoms with Crippen molar-refractivity contribution in [3.63, 3.8) is 0 Å². The zero-order valence-corrected chi connectivity index (χ0v) is 10.4. The van der Waals surface area contributed by atoms with Crippen molar-refractivity contribution in [3.8, 4) is 0 Å². The fourth-order valence-electron chi connectivity index (χ4n) is 2.11. The molecule has 0 bridgehead atoms. The quantitative estimate of drug-likeness (QED) is 0.818. The lowest BCUT2D eigenvalue weighted by atomic mass is 10.0. The molecule has 17 heavy (non-hydrogen) atoms. The zero-order valence-electron chi connectivity index (χ0n) is 10.4. The lowest BCUT2D eigenvalue weighted by Crippen LogP contribution is -2.34. The smallest absolute Gasteiger partial charge is 0.226 e. The molecule has 1 N–H and O–H groups in total. The molecule has 0 aromatic carbocycles. The van der Waals surface area contributed by atoms with Gasteiger partial charge in [0.1, 0.15) is 6.61 Å². The Kier molecular flexibility index (Phi) is 4.94. The van der Waals surface area contributed by atoms with Crippen molar-refractivity contribution in [2.45, 2.75) is 51.7 Å². The molecular weight excluding hydrogens is 218 g/mol. The highest BCUT2D eigenvalue weighted by molar-refractivity contribution is 4.86. The Morgan fingerprint density at radius 2 is 2.41 bits per heavy atom. The van der Waals surface area contributed by atoms with E-state index in [-0.39, 0.29) is 0 Å². The van der Waals surface area contributed by atoms with Gasteiger partial charge in [0, 0.05) is 19.1 Å². The number of piperidine rings is 1. The van der Waals surface area contributed by atoms with Crippen LogP contribution in [0.1, 0.15) is 44.3 Å². The Balaban J connectivity index is 1.72. The molecule has 5 nitrogen and oxygen atoms in total. The van der Waals surface area contributed by atoms with Crippen molar-refractivity contribution < 1.29 is 9.26 Å². The number of hydrogen-bond acceptors (Lipinski definition) is 5. The van der Waals surface area contributed by atoms with Crippen LogP contribution in [-0.2, 0) is 17.8 Å². The predicted molar refractivity (Wildman–Crippen MR) is 63.6 cm³/mol. The van der Waals surface area contributed by atoms with Crippen molar-refractivity contribution in [2.24, 2.45) is 0 Å². The first-order valence-electron chi connectivity index (χ1n) is 6.51. The third kappa shape index (κ3) is 4.09. The minimum absolute atomic E-state index is 0.446. The molecule has 1 saturated heterocycles. The Bertz CT molecular complexity index is 321. The maximum atomic E-state index is 5.23. The molecule has 1 aromatic heterocycles. The highest BCUT2D eigenvalue weighted by atomic mass is 16.5. The van der Waals surface area contributed by atoms with E-state index in [9.17, 15) is 0 Å². The van der Waals surface area contributed by atoms with E-state index in [1.165, 1.54) is 19.3 Å². The summed E-state index contributed by atoms with van der Waals surface area (Å²) in [7, 11) is 0. The van der Waals surface area contributed by atoms with Crippen LogP contribution >= 0.6 is 0 Å². The highest BCUT2D eigenvalue weighted by Gasteiger charge is 2.14. The number of hydrogen-bond donors (Lipinski definition) is 1. The SMILES string of the molecule is CCOCc1noc(CCC2CCCCN2)n1. The number of aryl methyl sites for hydroxylation is 1. The van der Waals surface area contributed by atoms with E-state index in [0.29, 0.717) is 25.1 Å². The molecule has 0 amide bonds. The first-order chi connectivity index (χ1) is 8.38. The van der Waals surface area contributed by atoms with Gasteiger partial charge in [-0.3, -0.25) is 0 Å². The molecule has 5 heteroatoms. The predicted octanol–water partition coefficient (Wildman–Crippen LogP) is 1.68. The number of aromatic nitrogens is 2. The van der Waals surface area contributed by atoms with Gasteiger partial charge >= 0.3 is 0 Å². The summed E-state index contributed by atoms with van der Waals surface area (Å²) in [6.07, 6.45) is 5.83. The maximum absolute atomic E-state index is 5.23. The molecule has 0 aliphatic carbocycles. The third-order valence-electron chi connectivity index (χ3n) is 3.06. The Labute approximate surface area is 102 Å². The van der Waals surface area contributed by atoms with Crippen LogP contribution in [0.15, 0.2) is 4.52 Å². The van der Waals surface area contributed by atoms with Crippen LogP contribution in [-0.4, -0.2) is 29.3 Å². The molecule has 0 saturated carbocycles. The summed E-state index contributed by atoms with van der Waals surface area (Å²) >= 11 is 0. The molecule has 1 atom stereocenters. The molecule has 2 rings (SSSR count). The van der Waals surface area contributed by atoms with Crippen LogP contribution in [0.4, 0.5) is 0 Å². The molecular formula is C12H21N3O2. The summed E-state index contributed by atoms with van der Waals surface area (Å²) in [5.41, 5.74) is 0. The summed E-state index contributed by atoms with van der Waals surface area (Å²) in [6.45, 7) is 4.22. The summed E-state index contributed by atoms with van der Waals surface area (Å²) in [6, 6.07) is 0.617. The topological polar surface area (TPSA) is 60.2 Å². The van der Waals surface area contributed by atoms with Gasteiger partial charge < -0.3 is 14.6 Å². The molecule has 96 valence electrons. The van der Waals surface area contributed by atoms with Crippen LogP contribution in [0.5, 0.6) is 0 Å². The van der Waals surface area contributed by atoms with Crippen LogP contribution < -0.4 is 5.32 Å². The largest absolute Gasteiger partial charge is 0.374 e. The fraction of sp³-hybridized carbons (Fsp3) is 0.833. The van der Waals surface area contributed by atoms with Gasteiger partial charge in [0.15, 0.2) is 5.82 Å². The summed E-state index contributed by atoms with van der Waals surface area (Å²) in [4.78, 5) is 4.30. The van der Waals surface area contributed by atoms with Crippen LogP contribution in [0.3, 0.4) is 0 Å². The van der Waals surface area contributed by atoms with E-state index in [1.54, 1.807) is 0 Å². The second-order valence-corrected chi connectivity index (χ2v) is 4.43. The molecule has 1 aliphatic rings. The van der Waals surface area contributed by atoms with Gasteiger partial charge in [-0.2, -0.15) is 4.98 Å². The molecule has 1 aromatic rings. The number of rotatable bonds is 6. The van der Waals surface area contributed by atoms with E-state index in [1.807, 2.05) is 6.92 Å². The maximum Gasteiger partial charge on any atom is 0.226 e. The average molecular weight is 239 g/mol. The van der Waals surface area contributed by atoms with Crippen molar-refractivity contribution in [1.29, 1.82) is 0 Å². The monoisotopic (exact) mass is 239 g/mol. The van der Waals surface area contributed by atoms with Crippen molar-refractivity contribution in [3.05, 3.63) is 11.7 Å². The first kappa shape index (κ1) is 12.5. The lowest BCUT2D eigenvalue weighted by Gasteiger charge is -2.22. The number of ether oxygens (including phenoxy) is 1. The second kappa shape index (κ2) is 6.71. The molecule has 1 aliphatic heterocycles. The Hall–Kier alpha value is -0.940. The van der Waals surface area contributed by atoms with Crippen molar-refractivity contribution in [2.75, 3.05) is 13.2 Å². The van der Waals surface area contributed by atoms with Gasteiger partial charge in [-0.15, -0.1) is 0 Å². The second-order valence-electron chi connectivity index (χ2n) is 4.43. The third-order valence-corrected chi connectivity index (χ3v) is 3.06. The highest BCUT2D eigenvalue weighted by Crippen LogP contribution is 2.12. The Morgan fingerprint density at radius 3 is 3.18 bits per heavy atom. The van der Waals surface area contributed by atoms with Crippen LogP contribution in [0.25, 0.3) is 0 Å². The standard InChI is InChI=1S/C12H21N3O2/c1-2-16-9-11-14-12(17-15-11)7-6-10-5-3-4-8-13-10/h10,13H,2-9H2,1H3. The van der Waals surface area contributed by atoms with Crippen LogP contribution in [0.2, 0.25) is 0 Å². The van der Waals surface area contributed by atoms with E-state index >= 15 is 0 Å². The first-order valence-corrected chi connectivity index (χ1v) is 6.51. The van der Waals surface area contributed by atoms with Gasteiger partial charge in [-0.05, 0) is 32.7 Å². The van der Waals surface area contributed by atoms with Gasteiger partial charge in [-0.1, -0.05) is 11.6 Å². The minimum Gasteiger partial charge on any atom is -0.374 e. The fourth-order valence-corrected chi connectivity index (χ4v) is 2.11. The zero-order chi connectivity index (χ0) is 11.9. The van der Waals surface area contributed by atoms with E-state index in [0.717, 1.165) is 25.3 Å². The van der Waals surface area contributed by atoms with Gasteiger partial charge in [0.25, 0.3) is 0 Å². The van der Waals surface area contributed by atoms with Gasteiger partial charge in [0.05, 0.1) is 0 Å². The lowest BCUT2D eigenvalue weighted by molar-refractivity contribution is 0.126. The molecule has 1 unspecified atom stereocenters. The van der Waals surface area contributed by atoms with E-state index < -0.39 is 0 Å². The van der Waals surface area contributed by atoms with Crippen molar-refractivity contribution in [1.82, 2.24) is 15.5 Å². The summed E-state index contributed by atoms with van der Waals surface area (Å²) in [5, 5.41) is 7.40. The summed E-state index contributed by atoms with van der Waals surface area (Å²) in [5.74, 6) is 1.38. The van der Waals surface area contributed by atoms with E-state index in [2.05, 4.69) is 15.5 Å². The molecule has 2 heterocycles. The minimum atomic E-state index is 0.446. The van der Waals surface area contributed by atoms with Crippen LogP contribution in [0, 0.1) is 0 Å². The summed E-state index contributed by atoms with van der Waals surface area (Å²) < 4.78 is 10.4. The van der Waals surface area contributed by atoms with Crippen molar-refractivity contribution >= 4 is 0 Å². The number of nitrogens with zero attached hydrogens (tertiary/aromatic N) is 2. The number of nitrogens with one attached hydrogen (secondary N) is 1. The molecule has 0 radical (unpaired) electrons. The Morgan fingerprint density at radius 1 is 1.47 bits per heavy atom. The molecule has 1 fully saturated rings.